The Morgan fingerprint density at radius 1 is 1.30 bits per heavy atom. The van der Waals surface area contributed by atoms with Crippen molar-refractivity contribution in [3.05, 3.63) is 76.4 Å². The quantitative estimate of drug-likeness (QED) is 0.402. The normalized spacial score (nSPS) is 11.5. The zero-order valence-corrected chi connectivity index (χ0v) is 15.5. The monoisotopic (exact) mass is 370 g/mol. The van der Waals surface area contributed by atoms with E-state index in [2.05, 4.69) is 11.9 Å². The van der Waals surface area contributed by atoms with Crippen LogP contribution in [0.2, 0.25) is 0 Å². The van der Waals surface area contributed by atoms with Gasteiger partial charge in [-0.2, -0.15) is 0 Å². The van der Waals surface area contributed by atoms with E-state index in [4.69, 9.17) is 4.74 Å². The molecular formula is C20H24N3O4+. The molecule has 2 aromatic rings. The molecule has 142 valence electrons. The number of benzene rings is 2. The SMILES string of the molecule is C=CCOc1ccc(C[NH+](C)CC(=O)Nc2c(C)cccc2[N+](=O)[O-])cc1. The Bertz CT molecular complexity index is 818. The summed E-state index contributed by atoms with van der Waals surface area (Å²) in [5.41, 5.74) is 1.87. The van der Waals surface area contributed by atoms with E-state index < -0.39 is 4.92 Å². The van der Waals surface area contributed by atoms with Crippen molar-refractivity contribution >= 4 is 17.3 Å². The predicted molar refractivity (Wildman–Crippen MR) is 104 cm³/mol. The third-order valence-electron chi connectivity index (χ3n) is 3.97. The summed E-state index contributed by atoms with van der Waals surface area (Å²) < 4.78 is 5.44. The van der Waals surface area contributed by atoms with Crippen LogP contribution in [0.15, 0.2) is 55.1 Å². The van der Waals surface area contributed by atoms with E-state index in [0.29, 0.717) is 18.7 Å². The first-order valence-corrected chi connectivity index (χ1v) is 8.58. The average molecular weight is 370 g/mol. The molecule has 2 rings (SSSR count). The smallest absolute Gasteiger partial charge is 0.293 e. The number of para-hydroxylation sites is 1. The van der Waals surface area contributed by atoms with Gasteiger partial charge in [-0.3, -0.25) is 14.9 Å². The number of carbonyl (C=O) groups is 1. The van der Waals surface area contributed by atoms with Gasteiger partial charge in [-0.25, -0.2) is 0 Å². The molecule has 0 bridgehead atoms. The molecule has 1 atom stereocenters. The number of carbonyl (C=O) groups excluding carboxylic acids is 1. The van der Waals surface area contributed by atoms with E-state index in [1.807, 2.05) is 31.3 Å². The number of nitrogens with one attached hydrogen (secondary N) is 2. The number of rotatable bonds is 9. The number of likely N-dealkylation sites (N-methyl/N-ethyl adjacent to an activating group) is 1. The van der Waals surface area contributed by atoms with Crippen LogP contribution in [0, 0.1) is 17.0 Å². The molecule has 27 heavy (non-hydrogen) atoms. The largest absolute Gasteiger partial charge is 0.490 e. The van der Waals surface area contributed by atoms with Gasteiger partial charge < -0.3 is 15.0 Å². The number of hydrogen-bond donors (Lipinski definition) is 2. The van der Waals surface area contributed by atoms with Crippen LogP contribution in [0.1, 0.15) is 11.1 Å². The number of ether oxygens (including phenoxy) is 1. The van der Waals surface area contributed by atoms with Gasteiger partial charge in [0.25, 0.3) is 11.6 Å². The standard InChI is InChI=1S/C20H23N3O4/c1-4-12-27-17-10-8-16(9-11-17)13-22(3)14-19(24)21-20-15(2)6-5-7-18(20)23(25)26/h4-11H,1,12-14H2,2-3H3,(H,21,24)/p+1. The van der Waals surface area contributed by atoms with Crippen LogP contribution in [-0.4, -0.2) is 31.0 Å². The topological polar surface area (TPSA) is 85.9 Å². The lowest BCUT2D eigenvalue weighted by atomic mass is 10.1. The molecule has 0 saturated carbocycles. The third kappa shape index (κ3) is 5.93. The second-order valence-corrected chi connectivity index (χ2v) is 6.33. The summed E-state index contributed by atoms with van der Waals surface area (Å²) in [7, 11) is 1.90. The van der Waals surface area contributed by atoms with E-state index in [1.54, 1.807) is 25.1 Å². The highest BCUT2D eigenvalue weighted by Crippen LogP contribution is 2.27. The van der Waals surface area contributed by atoms with Crippen molar-refractivity contribution in [3.63, 3.8) is 0 Å². The highest BCUT2D eigenvalue weighted by Gasteiger charge is 2.19. The zero-order valence-electron chi connectivity index (χ0n) is 15.5. The number of aryl methyl sites for hydroxylation is 1. The summed E-state index contributed by atoms with van der Waals surface area (Å²) in [6.45, 7) is 6.63. The first-order chi connectivity index (χ1) is 12.9. The van der Waals surface area contributed by atoms with Crippen LogP contribution in [-0.2, 0) is 11.3 Å². The summed E-state index contributed by atoms with van der Waals surface area (Å²) in [5.74, 6) is 0.497. The summed E-state index contributed by atoms with van der Waals surface area (Å²) >= 11 is 0. The van der Waals surface area contributed by atoms with Gasteiger partial charge in [0.2, 0.25) is 0 Å². The molecule has 0 aliphatic carbocycles. The molecule has 1 unspecified atom stereocenters. The number of quaternary nitrogens is 1. The van der Waals surface area contributed by atoms with E-state index in [0.717, 1.165) is 16.2 Å². The van der Waals surface area contributed by atoms with Crippen molar-refractivity contribution in [1.82, 2.24) is 0 Å². The molecule has 0 aromatic heterocycles. The Morgan fingerprint density at radius 3 is 2.63 bits per heavy atom. The Balaban J connectivity index is 1.94. The van der Waals surface area contributed by atoms with Crippen LogP contribution in [0.3, 0.4) is 0 Å². The Morgan fingerprint density at radius 2 is 2.00 bits per heavy atom. The van der Waals surface area contributed by atoms with E-state index >= 15 is 0 Å². The highest BCUT2D eigenvalue weighted by molar-refractivity contribution is 5.94. The fourth-order valence-corrected chi connectivity index (χ4v) is 2.69. The van der Waals surface area contributed by atoms with Crippen LogP contribution in [0.4, 0.5) is 11.4 Å². The molecule has 1 amide bonds. The fraction of sp³-hybridized carbons (Fsp3) is 0.250. The van der Waals surface area contributed by atoms with E-state index in [1.165, 1.54) is 6.07 Å². The zero-order chi connectivity index (χ0) is 19.8. The van der Waals surface area contributed by atoms with Crippen molar-refractivity contribution < 1.29 is 19.4 Å². The molecular weight excluding hydrogens is 346 g/mol. The van der Waals surface area contributed by atoms with Crippen LogP contribution in [0.25, 0.3) is 0 Å². The van der Waals surface area contributed by atoms with Gasteiger partial charge in [0.05, 0.1) is 12.0 Å². The fourth-order valence-electron chi connectivity index (χ4n) is 2.69. The summed E-state index contributed by atoms with van der Waals surface area (Å²) in [6, 6.07) is 12.4. The lowest BCUT2D eigenvalue weighted by molar-refractivity contribution is -0.885. The molecule has 0 spiro atoms. The molecule has 2 aromatic carbocycles. The van der Waals surface area contributed by atoms with Gasteiger partial charge >= 0.3 is 0 Å². The predicted octanol–water partition coefficient (Wildman–Crippen LogP) is 2.12. The van der Waals surface area contributed by atoms with Gasteiger partial charge in [0, 0.05) is 11.6 Å². The molecule has 7 heteroatoms. The van der Waals surface area contributed by atoms with Gasteiger partial charge in [-0.05, 0) is 36.8 Å². The van der Waals surface area contributed by atoms with Gasteiger partial charge in [0.1, 0.15) is 24.6 Å². The van der Waals surface area contributed by atoms with Crippen molar-refractivity contribution in [2.24, 2.45) is 0 Å². The number of amides is 1. The molecule has 7 nitrogen and oxygen atoms in total. The minimum absolute atomic E-state index is 0.101. The summed E-state index contributed by atoms with van der Waals surface area (Å²) in [5, 5.41) is 13.8. The van der Waals surface area contributed by atoms with Gasteiger partial charge in [-0.1, -0.05) is 24.8 Å². The molecule has 0 aliphatic rings. The molecule has 0 saturated heterocycles. The number of nitro groups is 1. The minimum Gasteiger partial charge on any atom is -0.490 e. The number of hydrogen-bond acceptors (Lipinski definition) is 4. The van der Waals surface area contributed by atoms with Crippen LogP contribution in [0.5, 0.6) is 5.75 Å². The molecule has 0 heterocycles. The maximum absolute atomic E-state index is 12.3. The maximum atomic E-state index is 12.3. The lowest BCUT2D eigenvalue weighted by Gasteiger charge is -2.15. The molecule has 2 N–H and O–H groups in total. The molecule has 0 fully saturated rings. The van der Waals surface area contributed by atoms with E-state index in [9.17, 15) is 14.9 Å². The van der Waals surface area contributed by atoms with Crippen molar-refractivity contribution in [3.8, 4) is 5.75 Å². The van der Waals surface area contributed by atoms with E-state index in [-0.39, 0.29) is 23.8 Å². The number of nitro benzene ring substituents is 1. The maximum Gasteiger partial charge on any atom is 0.293 e. The number of anilines is 1. The van der Waals surface area contributed by atoms with Gasteiger partial charge in [-0.15, -0.1) is 0 Å². The Labute approximate surface area is 158 Å². The lowest BCUT2D eigenvalue weighted by Crippen LogP contribution is -3.08. The van der Waals surface area contributed by atoms with Crippen molar-refractivity contribution in [2.45, 2.75) is 13.5 Å². The number of nitrogens with zero attached hydrogens (tertiary/aromatic N) is 1. The van der Waals surface area contributed by atoms with Crippen LogP contribution < -0.4 is 15.0 Å². The van der Waals surface area contributed by atoms with Crippen molar-refractivity contribution in [2.75, 3.05) is 25.5 Å². The Kier molecular flexibility index (Phi) is 7.08. The molecule has 0 radical (unpaired) electrons. The summed E-state index contributed by atoms with van der Waals surface area (Å²) in [4.78, 5) is 23.9. The first kappa shape index (κ1) is 20.1. The van der Waals surface area contributed by atoms with Crippen molar-refractivity contribution in [1.29, 1.82) is 0 Å². The first-order valence-electron chi connectivity index (χ1n) is 8.58. The minimum atomic E-state index is -0.491. The second-order valence-electron chi connectivity index (χ2n) is 6.33. The summed E-state index contributed by atoms with van der Waals surface area (Å²) in [6.07, 6.45) is 1.68. The second kappa shape index (κ2) is 9.49. The Hall–Kier alpha value is -3.19. The van der Waals surface area contributed by atoms with Crippen LogP contribution >= 0.6 is 0 Å². The van der Waals surface area contributed by atoms with Gasteiger partial charge in [0.15, 0.2) is 6.54 Å². The third-order valence-corrected chi connectivity index (χ3v) is 3.97. The average Bonchev–Trinajstić information content (AvgIpc) is 2.62. The molecule has 0 aliphatic heterocycles. The highest BCUT2D eigenvalue weighted by atomic mass is 16.6.